The second-order valence-corrected chi connectivity index (χ2v) is 5.34. The summed E-state index contributed by atoms with van der Waals surface area (Å²) in [6, 6.07) is 15.4. The van der Waals surface area contributed by atoms with Crippen LogP contribution in [-0.4, -0.2) is 10.2 Å². The second-order valence-electron chi connectivity index (χ2n) is 4.96. The minimum Gasteiger partial charge on any atom is -0.397 e. The fraction of sp³-hybridized carbons (Fsp3) is 0. The summed E-state index contributed by atoms with van der Waals surface area (Å²) in [5.41, 5.74) is 14.8. The number of rotatable bonds is 3. The van der Waals surface area contributed by atoms with Gasteiger partial charge in [0.2, 0.25) is 0 Å². The number of anilines is 1. The molecule has 1 aromatic heterocycles. The molecule has 3 rings (SSSR count). The number of hydrogen-bond acceptors (Lipinski definition) is 3. The van der Waals surface area contributed by atoms with E-state index < -0.39 is 0 Å². The Morgan fingerprint density at radius 2 is 1.83 bits per heavy atom. The first-order valence-corrected chi connectivity index (χ1v) is 7.26. The van der Waals surface area contributed by atoms with E-state index in [0.29, 0.717) is 22.5 Å². The van der Waals surface area contributed by atoms with Gasteiger partial charge in [-0.1, -0.05) is 54.1 Å². The highest BCUT2D eigenvalue weighted by Gasteiger charge is 2.19. The largest absolute Gasteiger partial charge is 0.397 e. The molecule has 0 spiro atoms. The van der Waals surface area contributed by atoms with E-state index in [-0.39, 0.29) is 16.7 Å². The van der Waals surface area contributed by atoms with Gasteiger partial charge in [0.15, 0.2) is 5.82 Å². The third-order valence-corrected chi connectivity index (χ3v) is 3.84. The number of H-pyrrole nitrogens is 1. The van der Waals surface area contributed by atoms with Crippen molar-refractivity contribution < 1.29 is 4.39 Å². The van der Waals surface area contributed by atoms with E-state index in [1.807, 2.05) is 30.3 Å². The zero-order valence-corrected chi connectivity index (χ0v) is 12.8. The van der Waals surface area contributed by atoms with E-state index in [0.717, 1.165) is 5.56 Å². The lowest BCUT2D eigenvalue weighted by Crippen LogP contribution is -2.00. The maximum atomic E-state index is 13.5. The van der Waals surface area contributed by atoms with Gasteiger partial charge in [-0.3, -0.25) is 5.10 Å². The highest BCUT2D eigenvalue weighted by atomic mass is 35.5. The molecule has 1 heterocycles. The number of nitrogen functional groups attached to an aromatic ring is 1. The van der Waals surface area contributed by atoms with Crippen LogP contribution in [0.1, 0.15) is 11.1 Å². The number of aromatic amines is 1. The smallest absolute Gasteiger partial charge is 0.154 e. The summed E-state index contributed by atoms with van der Waals surface area (Å²) in [6.07, 6.45) is 0. The highest BCUT2D eigenvalue weighted by Crippen LogP contribution is 2.36. The Morgan fingerprint density at radius 3 is 2.52 bits per heavy atom. The summed E-state index contributed by atoms with van der Waals surface area (Å²) in [4.78, 5) is 0. The molecule has 0 saturated heterocycles. The van der Waals surface area contributed by atoms with E-state index in [2.05, 4.69) is 10.2 Å². The molecular formula is C17H14ClFN4. The van der Waals surface area contributed by atoms with E-state index in [9.17, 15) is 4.39 Å². The molecule has 6 heteroatoms. The summed E-state index contributed by atoms with van der Waals surface area (Å²) >= 11 is 6.45. The fourth-order valence-corrected chi connectivity index (χ4v) is 2.61. The van der Waals surface area contributed by atoms with E-state index in [1.54, 1.807) is 12.1 Å². The number of aromatic nitrogens is 2. The van der Waals surface area contributed by atoms with Gasteiger partial charge >= 0.3 is 0 Å². The van der Waals surface area contributed by atoms with Crippen molar-refractivity contribution in [2.75, 3.05) is 5.73 Å². The van der Waals surface area contributed by atoms with Gasteiger partial charge in [0.05, 0.1) is 22.0 Å². The Labute approximate surface area is 137 Å². The Bertz CT molecular complexity index is 871. The maximum absolute atomic E-state index is 13.5. The Morgan fingerprint density at radius 1 is 1.09 bits per heavy atom. The van der Waals surface area contributed by atoms with Crippen LogP contribution in [0.5, 0.6) is 0 Å². The monoisotopic (exact) mass is 328 g/mol. The SMILES string of the molecule is N/C(=C(/Cl)c1c(N)n[nH]c1-c1cccc(F)c1)c1ccccc1. The molecule has 0 amide bonds. The van der Waals surface area contributed by atoms with Gasteiger partial charge in [-0.15, -0.1) is 0 Å². The van der Waals surface area contributed by atoms with Crippen LogP contribution in [0.25, 0.3) is 22.0 Å². The quantitative estimate of drug-likeness (QED) is 0.683. The molecule has 0 bridgehead atoms. The van der Waals surface area contributed by atoms with Crippen molar-refractivity contribution in [3.05, 3.63) is 71.5 Å². The molecule has 0 aliphatic heterocycles. The minimum atomic E-state index is -0.363. The first-order chi connectivity index (χ1) is 11.1. The van der Waals surface area contributed by atoms with Crippen molar-refractivity contribution in [3.8, 4) is 11.3 Å². The number of nitrogens with zero attached hydrogens (tertiary/aromatic N) is 1. The predicted molar refractivity (Wildman–Crippen MR) is 91.7 cm³/mol. The van der Waals surface area contributed by atoms with Crippen LogP contribution >= 0.6 is 11.6 Å². The Balaban J connectivity index is 2.16. The molecule has 3 aromatic rings. The van der Waals surface area contributed by atoms with Gasteiger partial charge in [0, 0.05) is 5.56 Å². The molecule has 23 heavy (non-hydrogen) atoms. The minimum absolute atomic E-state index is 0.202. The standard InChI is InChI=1S/C17H14ClFN4/c18-14(15(20)10-5-2-1-3-6-10)13-16(22-23-17(13)21)11-7-4-8-12(19)9-11/h1-9H,20H2,(H3,21,22,23)/b15-14+. The molecular weight excluding hydrogens is 315 g/mol. The van der Waals surface area contributed by atoms with Gasteiger partial charge in [-0.2, -0.15) is 5.10 Å². The van der Waals surface area contributed by atoms with Crippen LogP contribution in [-0.2, 0) is 0 Å². The third kappa shape index (κ3) is 2.91. The molecule has 2 aromatic carbocycles. The molecule has 5 N–H and O–H groups in total. The molecule has 0 aliphatic rings. The Hall–Kier alpha value is -2.79. The predicted octanol–water partition coefficient (Wildman–Crippen LogP) is 3.82. The van der Waals surface area contributed by atoms with Crippen molar-refractivity contribution in [2.45, 2.75) is 0 Å². The summed E-state index contributed by atoms with van der Waals surface area (Å²) in [5, 5.41) is 7.03. The molecule has 0 saturated carbocycles. The highest BCUT2D eigenvalue weighted by molar-refractivity contribution is 6.53. The van der Waals surface area contributed by atoms with E-state index >= 15 is 0 Å². The van der Waals surface area contributed by atoms with Crippen LogP contribution in [0, 0.1) is 5.82 Å². The van der Waals surface area contributed by atoms with Crippen LogP contribution < -0.4 is 11.5 Å². The van der Waals surface area contributed by atoms with Crippen molar-refractivity contribution in [3.63, 3.8) is 0 Å². The fourth-order valence-electron chi connectivity index (χ4n) is 2.31. The van der Waals surface area contributed by atoms with Crippen molar-refractivity contribution in [1.82, 2.24) is 10.2 Å². The van der Waals surface area contributed by atoms with Crippen molar-refractivity contribution in [1.29, 1.82) is 0 Å². The summed E-state index contributed by atoms with van der Waals surface area (Å²) < 4.78 is 13.5. The maximum Gasteiger partial charge on any atom is 0.154 e. The Kier molecular flexibility index (Phi) is 4.04. The molecule has 0 aliphatic carbocycles. The second kappa shape index (κ2) is 6.14. The molecule has 0 radical (unpaired) electrons. The van der Waals surface area contributed by atoms with E-state index in [1.165, 1.54) is 12.1 Å². The lowest BCUT2D eigenvalue weighted by molar-refractivity contribution is 0.628. The summed E-state index contributed by atoms with van der Waals surface area (Å²) in [5.74, 6) is -0.161. The van der Waals surface area contributed by atoms with Gasteiger partial charge in [0.25, 0.3) is 0 Å². The van der Waals surface area contributed by atoms with Crippen LogP contribution in [0.15, 0.2) is 54.6 Å². The lowest BCUT2D eigenvalue weighted by Gasteiger charge is -2.08. The molecule has 0 atom stereocenters. The first-order valence-electron chi connectivity index (χ1n) is 6.88. The van der Waals surface area contributed by atoms with Gasteiger partial charge in [-0.05, 0) is 17.7 Å². The zero-order chi connectivity index (χ0) is 16.4. The normalized spacial score (nSPS) is 12.1. The first kappa shape index (κ1) is 15.1. The van der Waals surface area contributed by atoms with Crippen molar-refractivity contribution >= 4 is 28.1 Å². The molecule has 4 nitrogen and oxygen atoms in total. The molecule has 0 fully saturated rings. The average molecular weight is 329 g/mol. The van der Waals surface area contributed by atoms with Crippen LogP contribution in [0.3, 0.4) is 0 Å². The summed E-state index contributed by atoms with van der Waals surface area (Å²) in [6.45, 7) is 0. The molecule has 116 valence electrons. The topological polar surface area (TPSA) is 80.7 Å². The van der Waals surface area contributed by atoms with Crippen LogP contribution in [0.4, 0.5) is 10.2 Å². The average Bonchev–Trinajstić information content (AvgIpc) is 2.96. The third-order valence-electron chi connectivity index (χ3n) is 3.45. The number of nitrogens with one attached hydrogen (secondary N) is 1. The number of benzene rings is 2. The number of halogens is 2. The number of hydrogen-bond donors (Lipinski definition) is 3. The van der Waals surface area contributed by atoms with Gasteiger partial charge in [0.1, 0.15) is 5.82 Å². The van der Waals surface area contributed by atoms with Crippen molar-refractivity contribution in [2.24, 2.45) is 5.73 Å². The van der Waals surface area contributed by atoms with Gasteiger partial charge < -0.3 is 11.5 Å². The summed E-state index contributed by atoms with van der Waals surface area (Å²) in [7, 11) is 0. The zero-order valence-electron chi connectivity index (χ0n) is 12.1. The van der Waals surface area contributed by atoms with Crippen LogP contribution in [0.2, 0.25) is 0 Å². The van der Waals surface area contributed by atoms with Gasteiger partial charge in [-0.25, -0.2) is 4.39 Å². The van der Waals surface area contributed by atoms with E-state index in [4.69, 9.17) is 23.1 Å². The molecule has 0 unspecified atom stereocenters. The number of nitrogens with two attached hydrogens (primary N) is 2. The lowest BCUT2D eigenvalue weighted by atomic mass is 10.0.